The predicted molar refractivity (Wildman–Crippen MR) is 109 cm³/mol. The van der Waals surface area contributed by atoms with Crippen molar-refractivity contribution in [2.75, 3.05) is 19.7 Å². The van der Waals surface area contributed by atoms with E-state index >= 15 is 0 Å². The summed E-state index contributed by atoms with van der Waals surface area (Å²) in [5, 5.41) is 3.37. The molecule has 0 radical (unpaired) electrons. The van der Waals surface area contributed by atoms with Crippen molar-refractivity contribution >= 4 is 39.2 Å². The lowest BCUT2D eigenvalue weighted by atomic mass is 10.1. The van der Waals surface area contributed by atoms with E-state index in [-0.39, 0.29) is 5.91 Å². The molecule has 1 heterocycles. The summed E-state index contributed by atoms with van der Waals surface area (Å²) in [5.74, 6) is 0.402. The van der Waals surface area contributed by atoms with Gasteiger partial charge in [0.05, 0.1) is 12.2 Å². The minimum Gasteiger partial charge on any atom is -0.493 e. The number of hydrogen-bond acceptors (Lipinski definition) is 3. The first-order chi connectivity index (χ1) is 12.1. The first-order valence-electron chi connectivity index (χ1n) is 9.14. The maximum absolute atomic E-state index is 12.7. The van der Waals surface area contributed by atoms with Crippen molar-refractivity contribution in [1.82, 2.24) is 10.2 Å². The topological polar surface area (TPSA) is 41.6 Å². The Labute approximate surface area is 164 Å². The van der Waals surface area contributed by atoms with Crippen LogP contribution in [0.3, 0.4) is 0 Å². The third-order valence-corrected chi connectivity index (χ3v) is 5.16. The van der Waals surface area contributed by atoms with Crippen LogP contribution < -0.4 is 10.1 Å². The van der Waals surface area contributed by atoms with Gasteiger partial charge in [-0.15, -0.1) is 0 Å². The number of carbonyl (C=O) groups excluding carboxylic acids is 1. The quantitative estimate of drug-likeness (QED) is 0.496. The molecule has 0 bridgehead atoms. The number of rotatable bonds is 7. The van der Waals surface area contributed by atoms with E-state index < -0.39 is 0 Å². The summed E-state index contributed by atoms with van der Waals surface area (Å²) in [5.41, 5.74) is 0.518. The molecule has 0 saturated carbocycles. The Morgan fingerprint density at radius 3 is 2.72 bits per heavy atom. The van der Waals surface area contributed by atoms with Crippen molar-refractivity contribution in [3.05, 3.63) is 28.2 Å². The zero-order valence-electron chi connectivity index (χ0n) is 14.9. The van der Waals surface area contributed by atoms with Crippen molar-refractivity contribution in [3.63, 3.8) is 0 Å². The van der Waals surface area contributed by atoms with Gasteiger partial charge in [0.15, 0.2) is 5.11 Å². The number of unbranched alkanes of at least 4 members (excludes halogenated alkanes) is 3. The first-order valence-corrected chi connectivity index (χ1v) is 10.3. The number of nitrogens with one attached hydrogen (secondary N) is 1. The Morgan fingerprint density at radius 1 is 1.24 bits per heavy atom. The summed E-state index contributed by atoms with van der Waals surface area (Å²) < 4.78 is 6.70. The number of thiocarbonyl (C=S) groups is 1. The minimum atomic E-state index is -0.208. The van der Waals surface area contributed by atoms with Crippen molar-refractivity contribution in [2.24, 2.45) is 0 Å². The van der Waals surface area contributed by atoms with E-state index in [2.05, 4.69) is 33.1 Å². The van der Waals surface area contributed by atoms with Crippen LogP contribution in [-0.4, -0.2) is 35.6 Å². The minimum absolute atomic E-state index is 0.208. The van der Waals surface area contributed by atoms with Gasteiger partial charge in [0.1, 0.15) is 5.75 Å². The van der Waals surface area contributed by atoms with Crippen LogP contribution >= 0.6 is 28.1 Å². The number of amides is 1. The van der Waals surface area contributed by atoms with E-state index in [1.807, 2.05) is 12.1 Å². The average molecular weight is 427 g/mol. The smallest absolute Gasteiger partial charge is 0.261 e. The second-order valence-electron chi connectivity index (χ2n) is 6.36. The Balaban J connectivity index is 1.96. The molecular weight excluding hydrogens is 400 g/mol. The van der Waals surface area contributed by atoms with Crippen LogP contribution in [0.1, 0.15) is 62.2 Å². The molecule has 0 spiro atoms. The molecule has 0 aromatic heterocycles. The molecule has 2 rings (SSSR count). The predicted octanol–water partition coefficient (Wildman–Crippen LogP) is 4.91. The molecule has 4 nitrogen and oxygen atoms in total. The molecule has 1 aromatic rings. The maximum atomic E-state index is 12.7. The monoisotopic (exact) mass is 426 g/mol. The van der Waals surface area contributed by atoms with Crippen LogP contribution in [0.25, 0.3) is 0 Å². The Bertz CT molecular complexity index is 589. The number of hydrogen-bond donors (Lipinski definition) is 1. The second-order valence-corrected chi connectivity index (χ2v) is 7.66. The van der Waals surface area contributed by atoms with Crippen molar-refractivity contribution in [1.29, 1.82) is 0 Å². The number of likely N-dealkylation sites (tertiary alicyclic amines) is 1. The fourth-order valence-electron chi connectivity index (χ4n) is 2.86. The van der Waals surface area contributed by atoms with Crippen LogP contribution in [0.4, 0.5) is 0 Å². The van der Waals surface area contributed by atoms with Crippen LogP contribution in [0.5, 0.6) is 5.75 Å². The average Bonchev–Trinajstić information content (AvgIpc) is 2.63. The molecular formula is C19H27BrN2O2S. The van der Waals surface area contributed by atoms with Gasteiger partial charge in [-0.05, 0) is 56.1 Å². The Morgan fingerprint density at radius 2 is 2.00 bits per heavy atom. The van der Waals surface area contributed by atoms with Gasteiger partial charge in [-0.2, -0.15) is 0 Å². The molecule has 1 amide bonds. The van der Waals surface area contributed by atoms with Crippen molar-refractivity contribution < 1.29 is 9.53 Å². The number of carbonyl (C=O) groups is 1. The van der Waals surface area contributed by atoms with E-state index in [0.717, 1.165) is 43.2 Å². The lowest BCUT2D eigenvalue weighted by Gasteiger charge is -2.29. The molecule has 0 aliphatic carbocycles. The third-order valence-electron chi connectivity index (χ3n) is 4.31. The fraction of sp³-hybridized carbons (Fsp3) is 0.579. The first kappa shape index (κ1) is 20.2. The highest BCUT2D eigenvalue weighted by atomic mass is 79.9. The summed E-state index contributed by atoms with van der Waals surface area (Å²) in [7, 11) is 0. The van der Waals surface area contributed by atoms with Gasteiger partial charge in [-0.1, -0.05) is 42.1 Å². The molecule has 0 unspecified atom stereocenters. The van der Waals surface area contributed by atoms with Crippen molar-refractivity contribution in [2.45, 2.75) is 51.9 Å². The standard InChI is InChI=1S/C19H27BrN2O2S/c1-2-3-4-8-13-24-17-10-9-15(20)14-16(17)18(23)21-19(25)22-11-6-5-7-12-22/h9-10,14H,2-8,11-13H2,1H3,(H,21,23,25). The van der Waals surface area contributed by atoms with E-state index in [0.29, 0.717) is 23.0 Å². The molecule has 138 valence electrons. The van der Waals surface area contributed by atoms with Crippen LogP contribution in [0.2, 0.25) is 0 Å². The number of nitrogens with zero attached hydrogens (tertiary/aromatic N) is 1. The van der Waals surface area contributed by atoms with Gasteiger partial charge >= 0.3 is 0 Å². The van der Waals surface area contributed by atoms with Gasteiger partial charge in [-0.3, -0.25) is 10.1 Å². The normalized spacial score (nSPS) is 14.2. The number of halogens is 1. The molecule has 1 aliphatic heterocycles. The molecule has 0 atom stereocenters. The number of piperidine rings is 1. The van der Waals surface area contributed by atoms with Crippen LogP contribution in [0.15, 0.2) is 22.7 Å². The second kappa shape index (κ2) is 10.8. The molecule has 1 N–H and O–H groups in total. The highest BCUT2D eigenvalue weighted by Crippen LogP contribution is 2.24. The lowest BCUT2D eigenvalue weighted by Crippen LogP contribution is -2.45. The summed E-state index contributed by atoms with van der Waals surface area (Å²) >= 11 is 8.83. The summed E-state index contributed by atoms with van der Waals surface area (Å²) in [4.78, 5) is 14.7. The van der Waals surface area contributed by atoms with E-state index in [1.54, 1.807) is 6.07 Å². The van der Waals surface area contributed by atoms with Crippen molar-refractivity contribution in [3.8, 4) is 5.75 Å². The molecule has 25 heavy (non-hydrogen) atoms. The van der Waals surface area contributed by atoms with Crippen LogP contribution in [0, 0.1) is 0 Å². The van der Waals surface area contributed by atoms with Crippen LogP contribution in [-0.2, 0) is 0 Å². The summed E-state index contributed by atoms with van der Waals surface area (Å²) in [6.45, 7) is 4.64. The molecule has 1 aliphatic rings. The highest BCUT2D eigenvalue weighted by Gasteiger charge is 2.19. The molecule has 1 fully saturated rings. The SMILES string of the molecule is CCCCCCOc1ccc(Br)cc1C(=O)NC(=S)N1CCCCC1. The molecule has 1 saturated heterocycles. The fourth-order valence-corrected chi connectivity index (χ4v) is 3.49. The summed E-state index contributed by atoms with van der Waals surface area (Å²) in [6, 6.07) is 5.51. The van der Waals surface area contributed by atoms with Gasteiger partial charge < -0.3 is 9.64 Å². The van der Waals surface area contributed by atoms with E-state index in [4.69, 9.17) is 17.0 Å². The third kappa shape index (κ3) is 6.59. The largest absolute Gasteiger partial charge is 0.493 e. The van der Waals surface area contributed by atoms with E-state index in [9.17, 15) is 4.79 Å². The molecule has 6 heteroatoms. The maximum Gasteiger partial charge on any atom is 0.261 e. The highest BCUT2D eigenvalue weighted by molar-refractivity contribution is 9.10. The van der Waals surface area contributed by atoms with Gasteiger partial charge in [0, 0.05) is 17.6 Å². The Kier molecular flexibility index (Phi) is 8.68. The van der Waals surface area contributed by atoms with Gasteiger partial charge in [0.2, 0.25) is 0 Å². The van der Waals surface area contributed by atoms with E-state index in [1.165, 1.54) is 19.3 Å². The van der Waals surface area contributed by atoms with Gasteiger partial charge in [-0.25, -0.2) is 0 Å². The molecule has 1 aromatic carbocycles. The lowest BCUT2D eigenvalue weighted by molar-refractivity contribution is 0.0968. The zero-order chi connectivity index (χ0) is 18.1. The number of ether oxygens (including phenoxy) is 1. The van der Waals surface area contributed by atoms with Gasteiger partial charge in [0.25, 0.3) is 5.91 Å². The Hall–Kier alpha value is -1.14. The number of benzene rings is 1. The summed E-state index contributed by atoms with van der Waals surface area (Å²) in [6.07, 6.45) is 8.03. The zero-order valence-corrected chi connectivity index (χ0v) is 17.3.